The molecule has 168 valence electrons. The highest BCUT2D eigenvalue weighted by Crippen LogP contribution is 2.36. The number of fused-ring (bicyclic) bond motifs is 1. The van der Waals surface area contributed by atoms with Crippen molar-refractivity contribution in [2.75, 3.05) is 18.0 Å². The fourth-order valence-electron chi connectivity index (χ4n) is 4.49. The van der Waals surface area contributed by atoms with Gasteiger partial charge in [-0.15, -0.1) is 0 Å². The van der Waals surface area contributed by atoms with Crippen LogP contribution in [0.1, 0.15) is 59.1 Å². The number of aryl methyl sites for hydroxylation is 1. The van der Waals surface area contributed by atoms with Crippen LogP contribution in [0.4, 0.5) is 5.95 Å². The van der Waals surface area contributed by atoms with Crippen molar-refractivity contribution in [1.82, 2.24) is 19.7 Å². The molecule has 2 fully saturated rings. The summed E-state index contributed by atoms with van der Waals surface area (Å²) in [4.78, 5) is 11.4. The standard InChI is InChI=1S/C24H32BN5O2/c1-6-17-14-26-22(27-15-17)29-11-9-20(10-12-29)30-21-8-7-19(13-18(21)16-28-30)25-31-23(2,3)24(4,5)32-25/h7-8,13-16,20H,6,9-12H2,1-5H3. The second-order valence-electron chi connectivity index (χ2n) is 9.96. The van der Waals surface area contributed by atoms with Gasteiger partial charge >= 0.3 is 7.12 Å². The van der Waals surface area contributed by atoms with Gasteiger partial charge in [0, 0.05) is 30.9 Å². The summed E-state index contributed by atoms with van der Waals surface area (Å²) in [7, 11) is -0.352. The van der Waals surface area contributed by atoms with E-state index in [0.717, 1.165) is 54.7 Å². The van der Waals surface area contributed by atoms with Crippen LogP contribution >= 0.6 is 0 Å². The fraction of sp³-hybridized carbons (Fsp3) is 0.542. The fourth-order valence-corrected chi connectivity index (χ4v) is 4.49. The van der Waals surface area contributed by atoms with Gasteiger partial charge in [0.1, 0.15) is 0 Å². The topological polar surface area (TPSA) is 65.3 Å². The summed E-state index contributed by atoms with van der Waals surface area (Å²) in [6.07, 6.45) is 8.84. The molecule has 2 saturated heterocycles. The Hall–Kier alpha value is -2.45. The molecular weight excluding hydrogens is 401 g/mol. The first-order valence-corrected chi connectivity index (χ1v) is 11.7. The molecule has 5 rings (SSSR count). The molecule has 0 aliphatic carbocycles. The molecule has 32 heavy (non-hydrogen) atoms. The number of hydrogen-bond acceptors (Lipinski definition) is 6. The molecular formula is C24H32BN5O2. The number of benzene rings is 1. The average molecular weight is 433 g/mol. The SMILES string of the molecule is CCc1cnc(N2CCC(n3ncc4cc(B5OC(C)(C)C(C)(C)O5)ccc43)CC2)nc1. The number of rotatable bonds is 4. The molecule has 0 unspecified atom stereocenters. The molecule has 0 amide bonds. The third-order valence-electron chi connectivity index (χ3n) is 7.34. The minimum Gasteiger partial charge on any atom is -0.399 e. The summed E-state index contributed by atoms with van der Waals surface area (Å²) in [5.41, 5.74) is 2.69. The lowest BCUT2D eigenvalue weighted by Gasteiger charge is -2.32. The second kappa shape index (κ2) is 7.85. The Labute approximate surface area is 190 Å². The molecule has 2 aromatic heterocycles. The van der Waals surface area contributed by atoms with Gasteiger partial charge in [0.2, 0.25) is 5.95 Å². The smallest absolute Gasteiger partial charge is 0.399 e. The Morgan fingerprint density at radius 1 is 1.00 bits per heavy atom. The monoisotopic (exact) mass is 433 g/mol. The maximum atomic E-state index is 6.22. The molecule has 0 saturated carbocycles. The Morgan fingerprint density at radius 3 is 2.28 bits per heavy atom. The number of nitrogens with zero attached hydrogens (tertiary/aromatic N) is 5. The summed E-state index contributed by atoms with van der Waals surface area (Å²) in [6.45, 7) is 12.3. The van der Waals surface area contributed by atoms with Crippen LogP contribution in [0.15, 0.2) is 36.8 Å². The molecule has 2 aliphatic heterocycles. The van der Waals surface area contributed by atoms with E-state index in [1.54, 1.807) is 0 Å². The van der Waals surface area contributed by atoms with Crippen LogP contribution in [0.25, 0.3) is 10.9 Å². The summed E-state index contributed by atoms with van der Waals surface area (Å²) in [5.74, 6) is 0.832. The average Bonchev–Trinajstić information content (AvgIpc) is 3.30. The van der Waals surface area contributed by atoms with Gasteiger partial charge in [-0.05, 0) is 64.1 Å². The number of anilines is 1. The summed E-state index contributed by atoms with van der Waals surface area (Å²) in [5, 5.41) is 5.87. The van der Waals surface area contributed by atoms with Crippen molar-refractivity contribution in [3.8, 4) is 0 Å². The van der Waals surface area contributed by atoms with E-state index in [2.05, 4.69) is 72.4 Å². The van der Waals surface area contributed by atoms with E-state index in [-0.39, 0.29) is 18.3 Å². The Kier molecular flexibility index (Phi) is 5.25. The lowest BCUT2D eigenvalue weighted by Crippen LogP contribution is -2.41. The van der Waals surface area contributed by atoms with Gasteiger partial charge in [0.25, 0.3) is 0 Å². The Morgan fingerprint density at radius 2 is 1.66 bits per heavy atom. The van der Waals surface area contributed by atoms with E-state index in [0.29, 0.717) is 6.04 Å². The highest BCUT2D eigenvalue weighted by atomic mass is 16.7. The normalized spacial score (nSPS) is 20.9. The predicted molar refractivity (Wildman–Crippen MR) is 127 cm³/mol. The van der Waals surface area contributed by atoms with Crippen LogP contribution in [0, 0.1) is 0 Å². The number of hydrogen-bond donors (Lipinski definition) is 0. The van der Waals surface area contributed by atoms with Crippen molar-refractivity contribution in [2.24, 2.45) is 0 Å². The molecule has 8 heteroatoms. The summed E-state index contributed by atoms with van der Waals surface area (Å²) >= 11 is 0. The van der Waals surface area contributed by atoms with Crippen molar-refractivity contribution in [3.05, 3.63) is 42.4 Å². The molecule has 0 bridgehead atoms. The molecule has 3 aromatic rings. The quantitative estimate of drug-likeness (QED) is 0.587. The molecule has 4 heterocycles. The van der Waals surface area contributed by atoms with Crippen molar-refractivity contribution < 1.29 is 9.31 Å². The van der Waals surface area contributed by atoms with Gasteiger partial charge < -0.3 is 14.2 Å². The van der Waals surface area contributed by atoms with Crippen LogP contribution in [-0.2, 0) is 15.7 Å². The molecule has 2 aliphatic rings. The van der Waals surface area contributed by atoms with Crippen LogP contribution in [0.3, 0.4) is 0 Å². The zero-order valence-corrected chi connectivity index (χ0v) is 19.7. The highest BCUT2D eigenvalue weighted by Gasteiger charge is 2.51. The lowest BCUT2D eigenvalue weighted by atomic mass is 9.78. The zero-order valence-electron chi connectivity index (χ0n) is 19.7. The molecule has 0 spiro atoms. The van der Waals surface area contributed by atoms with E-state index in [4.69, 9.17) is 14.4 Å². The van der Waals surface area contributed by atoms with E-state index < -0.39 is 0 Å². The molecule has 1 aromatic carbocycles. The van der Waals surface area contributed by atoms with Crippen LogP contribution < -0.4 is 10.4 Å². The van der Waals surface area contributed by atoms with E-state index in [1.807, 2.05) is 18.6 Å². The van der Waals surface area contributed by atoms with Gasteiger partial charge in [-0.3, -0.25) is 4.68 Å². The van der Waals surface area contributed by atoms with Crippen molar-refractivity contribution in [3.63, 3.8) is 0 Å². The van der Waals surface area contributed by atoms with Gasteiger partial charge in [-0.25, -0.2) is 9.97 Å². The van der Waals surface area contributed by atoms with Gasteiger partial charge in [-0.1, -0.05) is 19.1 Å². The Balaban J connectivity index is 1.30. The third-order valence-corrected chi connectivity index (χ3v) is 7.34. The minimum absolute atomic E-state index is 0.342. The van der Waals surface area contributed by atoms with Crippen molar-refractivity contribution >= 4 is 29.4 Å². The van der Waals surface area contributed by atoms with Crippen LogP contribution in [0.2, 0.25) is 0 Å². The first-order chi connectivity index (χ1) is 15.3. The van der Waals surface area contributed by atoms with E-state index >= 15 is 0 Å². The van der Waals surface area contributed by atoms with Gasteiger partial charge in [-0.2, -0.15) is 5.10 Å². The molecule has 0 N–H and O–H groups in total. The Bertz CT molecular complexity index is 1090. The maximum absolute atomic E-state index is 6.22. The maximum Gasteiger partial charge on any atom is 0.494 e. The second-order valence-corrected chi connectivity index (χ2v) is 9.96. The third kappa shape index (κ3) is 3.69. The first kappa shape index (κ1) is 21.4. The van der Waals surface area contributed by atoms with Crippen molar-refractivity contribution in [2.45, 2.75) is 71.1 Å². The number of piperidine rings is 1. The summed E-state index contributed by atoms with van der Waals surface area (Å²) in [6, 6.07) is 6.79. The van der Waals surface area contributed by atoms with Crippen LogP contribution in [0.5, 0.6) is 0 Å². The highest BCUT2D eigenvalue weighted by molar-refractivity contribution is 6.62. The molecule has 0 atom stereocenters. The largest absolute Gasteiger partial charge is 0.494 e. The molecule has 0 radical (unpaired) electrons. The minimum atomic E-state index is -0.352. The molecule has 7 nitrogen and oxygen atoms in total. The van der Waals surface area contributed by atoms with Gasteiger partial charge in [0.05, 0.1) is 29.0 Å². The lowest BCUT2D eigenvalue weighted by molar-refractivity contribution is 0.00578. The van der Waals surface area contributed by atoms with E-state index in [1.165, 1.54) is 5.56 Å². The summed E-state index contributed by atoms with van der Waals surface area (Å²) < 4.78 is 14.6. The van der Waals surface area contributed by atoms with Crippen molar-refractivity contribution in [1.29, 1.82) is 0 Å². The zero-order chi connectivity index (χ0) is 22.5. The van der Waals surface area contributed by atoms with Gasteiger partial charge in [0.15, 0.2) is 0 Å². The van der Waals surface area contributed by atoms with Crippen LogP contribution in [-0.4, -0.2) is 51.2 Å². The number of aromatic nitrogens is 4. The van der Waals surface area contributed by atoms with E-state index in [9.17, 15) is 0 Å². The first-order valence-electron chi connectivity index (χ1n) is 11.7. The predicted octanol–water partition coefficient (Wildman–Crippen LogP) is 3.53.